The summed E-state index contributed by atoms with van der Waals surface area (Å²) in [6, 6.07) is 9.16. The van der Waals surface area contributed by atoms with Crippen LogP contribution >= 0.6 is 11.6 Å². The van der Waals surface area contributed by atoms with Crippen LogP contribution in [0.4, 0.5) is 0 Å². The predicted molar refractivity (Wildman–Crippen MR) is 84.9 cm³/mol. The fourth-order valence-corrected chi connectivity index (χ4v) is 3.29. The number of benzene rings is 1. The molecule has 0 aliphatic carbocycles. The maximum Gasteiger partial charge on any atom is 0.414 e. The number of rotatable bonds is 2. The highest BCUT2D eigenvalue weighted by Crippen LogP contribution is 2.35. The van der Waals surface area contributed by atoms with Crippen molar-refractivity contribution in [2.45, 2.75) is 43.9 Å². The van der Waals surface area contributed by atoms with E-state index in [0.717, 1.165) is 35.7 Å². The van der Waals surface area contributed by atoms with E-state index >= 15 is 0 Å². The number of fused-ring (bicyclic) bond motifs is 2. The molecule has 2 heterocycles. The molecule has 2 aliphatic rings. The normalized spacial score (nSPS) is 26.1. The third kappa shape index (κ3) is 4.84. The second-order valence-electron chi connectivity index (χ2n) is 5.83. The minimum Gasteiger partial charge on any atom is -0.490 e. The van der Waals surface area contributed by atoms with Crippen LogP contribution in [0.2, 0.25) is 5.02 Å². The van der Waals surface area contributed by atoms with Crippen molar-refractivity contribution in [1.29, 1.82) is 0 Å². The lowest BCUT2D eigenvalue weighted by Crippen LogP contribution is -2.43. The molecule has 2 aliphatic heterocycles. The summed E-state index contributed by atoms with van der Waals surface area (Å²) in [7, 11) is 2.25. The first-order chi connectivity index (χ1) is 10.9. The Bertz CT molecular complexity index is 536. The molecule has 1 aromatic rings. The number of aliphatic carboxylic acids is 2. The van der Waals surface area contributed by atoms with E-state index in [-0.39, 0.29) is 0 Å². The summed E-state index contributed by atoms with van der Waals surface area (Å²) in [5.74, 6) is -2.70. The standard InChI is InChI=1S/C14H18ClNO.C2H2O4/c1-16-11-4-5-12(16)9-14(8-11)17-13-6-2-10(15)3-7-13;3-1(4)2(5)6/h2-3,6-7,11-12,14H,4-5,8-9H2,1H3;(H,3,4)(H,5,6)/t11-,12+,14?;. The van der Waals surface area contributed by atoms with Crippen LogP contribution in [-0.4, -0.2) is 52.3 Å². The van der Waals surface area contributed by atoms with Crippen molar-refractivity contribution in [2.75, 3.05) is 7.05 Å². The number of carboxylic acid groups (broad SMARTS) is 2. The summed E-state index contributed by atoms with van der Waals surface area (Å²) in [6.07, 6.45) is 5.37. The number of hydrogen-bond acceptors (Lipinski definition) is 4. The molecule has 2 saturated heterocycles. The average molecular weight is 342 g/mol. The first-order valence-corrected chi connectivity index (χ1v) is 7.85. The molecule has 0 saturated carbocycles. The SMILES string of the molecule is CN1[C@@H]2CC[C@H]1CC(Oc1ccc(Cl)cc1)C2.O=C(O)C(=O)O. The molecule has 7 heteroatoms. The third-order valence-electron chi connectivity index (χ3n) is 4.35. The van der Waals surface area contributed by atoms with Gasteiger partial charge in [0.1, 0.15) is 11.9 Å². The van der Waals surface area contributed by atoms with Crippen molar-refractivity contribution in [2.24, 2.45) is 0 Å². The Kier molecular flexibility index (Phi) is 5.85. The van der Waals surface area contributed by atoms with Crippen LogP contribution in [0.1, 0.15) is 25.7 Å². The topological polar surface area (TPSA) is 87.1 Å². The Hall–Kier alpha value is -1.79. The Morgan fingerprint density at radius 2 is 1.57 bits per heavy atom. The quantitative estimate of drug-likeness (QED) is 0.804. The zero-order valence-electron chi connectivity index (χ0n) is 12.8. The van der Waals surface area contributed by atoms with Gasteiger partial charge in [0.15, 0.2) is 0 Å². The summed E-state index contributed by atoms with van der Waals surface area (Å²) in [5.41, 5.74) is 0. The highest BCUT2D eigenvalue weighted by Gasteiger charge is 2.39. The molecule has 0 amide bonds. The molecular weight excluding hydrogens is 322 g/mol. The van der Waals surface area contributed by atoms with Crippen molar-refractivity contribution >= 4 is 23.5 Å². The molecule has 2 bridgehead atoms. The minimum absolute atomic E-state index is 0.380. The van der Waals surface area contributed by atoms with Gasteiger partial charge in [-0.2, -0.15) is 0 Å². The van der Waals surface area contributed by atoms with Gasteiger partial charge in [-0.3, -0.25) is 0 Å². The van der Waals surface area contributed by atoms with Gasteiger partial charge < -0.3 is 19.8 Å². The van der Waals surface area contributed by atoms with Crippen LogP contribution in [0.3, 0.4) is 0 Å². The highest BCUT2D eigenvalue weighted by atomic mass is 35.5. The van der Waals surface area contributed by atoms with Crippen LogP contribution in [-0.2, 0) is 9.59 Å². The van der Waals surface area contributed by atoms with Crippen LogP contribution < -0.4 is 4.74 Å². The molecule has 2 N–H and O–H groups in total. The number of piperidine rings is 1. The molecule has 3 atom stereocenters. The van der Waals surface area contributed by atoms with Crippen molar-refractivity contribution < 1.29 is 24.5 Å². The molecule has 3 rings (SSSR count). The Labute approximate surface area is 139 Å². The van der Waals surface area contributed by atoms with Crippen LogP contribution in [0.25, 0.3) is 0 Å². The zero-order valence-corrected chi connectivity index (χ0v) is 13.6. The van der Waals surface area contributed by atoms with Gasteiger partial charge in [-0.15, -0.1) is 0 Å². The molecule has 6 nitrogen and oxygen atoms in total. The van der Waals surface area contributed by atoms with Gasteiger partial charge in [-0.1, -0.05) is 11.6 Å². The van der Waals surface area contributed by atoms with Crippen molar-refractivity contribution in [1.82, 2.24) is 4.90 Å². The molecule has 23 heavy (non-hydrogen) atoms. The maximum atomic E-state index is 9.10. The van der Waals surface area contributed by atoms with Gasteiger partial charge in [0, 0.05) is 17.1 Å². The molecule has 0 aromatic heterocycles. The fraction of sp³-hybridized carbons (Fsp3) is 0.500. The van der Waals surface area contributed by atoms with E-state index < -0.39 is 11.9 Å². The Morgan fingerprint density at radius 1 is 1.09 bits per heavy atom. The first-order valence-electron chi connectivity index (χ1n) is 7.47. The third-order valence-corrected chi connectivity index (χ3v) is 4.61. The number of carbonyl (C=O) groups is 2. The van der Waals surface area contributed by atoms with Gasteiger partial charge in [-0.25, -0.2) is 9.59 Å². The van der Waals surface area contributed by atoms with E-state index in [0.29, 0.717) is 6.10 Å². The summed E-state index contributed by atoms with van der Waals surface area (Å²) >= 11 is 5.87. The second-order valence-corrected chi connectivity index (χ2v) is 6.26. The molecule has 126 valence electrons. The molecule has 0 spiro atoms. The summed E-state index contributed by atoms with van der Waals surface area (Å²) in [4.78, 5) is 20.7. The monoisotopic (exact) mass is 341 g/mol. The summed E-state index contributed by atoms with van der Waals surface area (Å²) in [5, 5.41) is 15.5. The first kappa shape index (κ1) is 17.6. The van der Waals surface area contributed by atoms with Crippen LogP contribution in [0, 0.1) is 0 Å². The fourth-order valence-electron chi connectivity index (χ4n) is 3.16. The van der Waals surface area contributed by atoms with Crippen LogP contribution in [0.5, 0.6) is 5.75 Å². The van der Waals surface area contributed by atoms with Crippen molar-refractivity contribution in [3.8, 4) is 5.75 Å². The van der Waals surface area contributed by atoms with E-state index in [1.807, 2.05) is 24.3 Å². The number of nitrogens with zero attached hydrogens (tertiary/aromatic N) is 1. The smallest absolute Gasteiger partial charge is 0.414 e. The van der Waals surface area contributed by atoms with Gasteiger partial charge >= 0.3 is 11.9 Å². The zero-order chi connectivity index (χ0) is 17.0. The molecule has 1 aromatic carbocycles. The molecule has 0 radical (unpaired) electrons. The summed E-state index contributed by atoms with van der Waals surface area (Å²) in [6.45, 7) is 0. The Balaban J connectivity index is 0.000000277. The average Bonchev–Trinajstić information content (AvgIpc) is 2.73. The maximum absolute atomic E-state index is 9.10. The predicted octanol–water partition coefficient (Wildman–Crippen LogP) is 2.50. The van der Waals surface area contributed by atoms with E-state index in [9.17, 15) is 0 Å². The highest BCUT2D eigenvalue weighted by molar-refractivity contribution is 6.30. The van der Waals surface area contributed by atoms with E-state index in [1.54, 1.807) is 0 Å². The summed E-state index contributed by atoms with van der Waals surface area (Å²) < 4.78 is 6.05. The second kappa shape index (κ2) is 7.66. The van der Waals surface area contributed by atoms with E-state index in [1.165, 1.54) is 12.8 Å². The van der Waals surface area contributed by atoms with Gasteiger partial charge in [0.2, 0.25) is 0 Å². The molecule has 1 unspecified atom stereocenters. The van der Waals surface area contributed by atoms with Crippen molar-refractivity contribution in [3.63, 3.8) is 0 Å². The van der Waals surface area contributed by atoms with Gasteiger partial charge in [-0.05, 0) is 57.0 Å². The number of carboxylic acids is 2. The van der Waals surface area contributed by atoms with Gasteiger partial charge in [0.25, 0.3) is 0 Å². The van der Waals surface area contributed by atoms with Gasteiger partial charge in [0.05, 0.1) is 0 Å². The van der Waals surface area contributed by atoms with E-state index in [4.69, 9.17) is 36.1 Å². The number of ether oxygens (including phenoxy) is 1. The van der Waals surface area contributed by atoms with E-state index in [2.05, 4.69) is 11.9 Å². The lowest BCUT2D eigenvalue weighted by molar-refractivity contribution is -0.159. The van der Waals surface area contributed by atoms with Crippen molar-refractivity contribution in [3.05, 3.63) is 29.3 Å². The largest absolute Gasteiger partial charge is 0.490 e. The molecular formula is C16H20ClNO5. The minimum atomic E-state index is -1.82. The lowest BCUT2D eigenvalue weighted by Gasteiger charge is -2.36. The Morgan fingerprint density at radius 3 is 2.00 bits per heavy atom. The number of halogens is 1. The number of hydrogen-bond donors (Lipinski definition) is 2. The molecule has 2 fully saturated rings. The lowest BCUT2D eigenvalue weighted by atomic mass is 10.0. The van der Waals surface area contributed by atoms with Crippen LogP contribution in [0.15, 0.2) is 24.3 Å².